The highest BCUT2D eigenvalue weighted by Gasteiger charge is 2.48. The molecule has 1 aromatic heterocycles. The number of alkyl halides is 1. The second kappa shape index (κ2) is 10.9. The molecule has 0 unspecified atom stereocenters. The first-order valence-electron chi connectivity index (χ1n) is 12.2. The zero-order chi connectivity index (χ0) is 27.6. The lowest BCUT2D eigenvalue weighted by Crippen LogP contribution is -2.28. The zero-order valence-corrected chi connectivity index (χ0v) is 21.4. The average molecular weight is 526 g/mol. The van der Waals surface area contributed by atoms with Gasteiger partial charge in [-0.1, -0.05) is 31.4 Å². The van der Waals surface area contributed by atoms with E-state index in [2.05, 4.69) is 18.1 Å². The fourth-order valence-corrected chi connectivity index (χ4v) is 4.63. The Hall–Kier alpha value is -3.82. The molecule has 38 heavy (non-hydrogen) atoms. The highest BCUT2D eigenvalue weighted by atomic mass is 19.1. The summed E-state index contributed by atoms with van der Waals surface area (Å²) < 4.78 is 49.2. The maximum Gasteiger partial charge on any atom is 0.167 e. The molecular formula is C29H30F3N3O3. The normalized spacial score (nSPS) is 13.7. The standard InChI is InChI=1S/C29H30F3N3O3/c1-5-18-12-17(13-26(37-4)27(18)29(32)10-11-29)8-9-19-14-24(35(7-3)38-33)20(6-2)28(34-19)21-15-25(36)23(31)16-22(21)30/h5-6,12-16,36H,1-2,7-11,33H2,3-4H3. The molecule has 1 aliphatic carbocycles. The third kappa shape index (κ3) is 5.12. The summed E-state index contributed by atoms with van der Waals surface area (Å²) in [7, 11) is 1.51. The van der Waals surface area contributed by atoms with Gasteiger partial charge in [0.05, 0.1) is 18.5 Å². The topological polar surface area (TPSA) is 80.8 Å². The smallest absolute Gasteiger partial charge is 0.167 e. The molecule has 200 valence electrons. The number of nitrogens with two attached hydrogens (primary N) is 1. The van der Waals surface area contributed by atoms with Crippen LogP contribution in [0.25, 0.3) is 23.4 Å². The summed E-state index contributed by atoms with van der Waals surface area (Å²) >= 11 is 0. The van der Waals surface area contributed by atoms with Crippen LogP contribution in [0.15, 0.2) is 43.5 Å². The van der Waals surface area contributed by atoms with Gasteiger partial charge < -0.3 is 9.84 Å². The van der Waals surface area contributed by atoms with Crippen molar-refractivity contribution in [3.8, 4) is 22.8 Å². The molecular weight excluding hydrogens is 495 g/mol. The molecule has 2 aromatic carbocycles. The van der Waals surface area contributed by atoms with E-state index in [1.807, 2.05) is 13.0 Å². The van der Waals surface area contributed by atoms with E-state index < -0.39 is 23.1 Å². The van der Waals surface area contributed by atoms with E-state index in [0.717, 1.165) is 11.6 Å². The molecule has 3 aromatic rings. The fourth-order valence-electron chi connectivity index (χ4n) is 4.63. The molecule has 6 nitrogen and oxygen atoms in total. The van der Waals surface area contributed by atoms with Crippen molar-refractivity contribution in [3.05, 3.63) is 83.1 Å². The number of nitrogens with zero attached hydrogens (tertiary/aromatic N) is 2. The van der Waals surface area contributed by atoms with Gasteiger partial charge in [0.25, 0.3) is 0 Å². The number of aromatic hydroxyl groups is 1. The number of hydrogen-bond acceptors (Lipinski definition) is 6. The minimum absolute atomic E-state index is 0.104. The van der Waals surface area contributed by atoms with Gasteiger partial charge in [-0.3, -0.25) is 4.98 Å². The summed E-state index contributed by atoms with van der Waals surface area (Å²) in [6.07, 6.45) is 4.86. The lowest BCUT2D eigenvalue weighted by molar-refractivity contribution is 0.113. The van der Waals surface area contributed by atoms with Crippen LogP contribution in [0.1, 0.15) is 47.7 Å². The maximum absolute atomic E-state index is 15.0. The predicted octanol–water partition coefficient (Wildman–Crippen LogP) is 6.40. The lowest BCUT2D eigenvalue weighted by Gasteiger charge is -2.23. The molecule has 0 atom stereocenters. The van der Waals surface area contributed by atoms with Gasteiger partial charge in [-0.05, 0) is 61.9 Å². The number of phenols is 1. The van der Waals surface area contributed by atoms with Crippen molar-refractivity contribution in [1.29, 1.82) is 0 Å². The molecule has 1 saturated carbocycles. The van der Waals surface area contributed by atoms with E-state index >= 15 is 4.39 Å². The van der Waals surface area contributed by atoms with Crippen LogP contribution in [-0.2, 0) is 23.4 Å². The third-order valence-electron chi connectivity index (χ3n) is 6.71. The predicted molar refractivity (Wildman–Crippen MR) is 142 cm³/mol. The number of hydroxylamine groups is 1. The largest absolute Gasteiger partial charge is 0.505 e. The first kappa shape index (κ1) is 27.2. The van der Waals surface area contributed by atoms with E-state index in [1.165, 1.54) is 18.2 Å². The summed E-state index contributed by atoms with van der Waals surface area (Å²) in [5.74, 6) is 3.26. The maximum atomic E-state index is 15.0. The van der Waals surface area contributed by atoms with E-state index in [-0.39, 0.29) is 11.3 Å². The first-order valence-corrected chi connectivity index (χ1v) is 12.2. The molecule has 9 heteroatoms. The second-order valence-corrected chi connectivity index (χ2v) is 9.11. The summed E-state index contributed by atoms with van der Waals surface area (Å²) in [4.78, 5) is 9.66. The number of phenolic OH excluding ortho intramolecular Hbond substituents is 1. The van der Waals surface area contributed by atoms with Crippen LogP contribution in [0.3, 0.4) is 0 Å². The average Bonchev–Trinajstić information content (AvgIpc) is 3.67. The minimum atomic E-state index is -1.39. The van der Waals surface area contributed by atoms with Crippen molar-refractivity contribution in [2.24, 2.45) is 5.90 Å². The van der Waals surface area contributed by atoms with Crippen molar-refractivity contribution in [2.45, 2.75) is 38.3 Å². The molecule has 0 amide bonds. The fraction of sp³-hybridized carbons (Fsp3) is 0.276. The Morgan fingerprint density at radius 2 is 1.84 bits per heavy atom. The van der Waals surface area contributed by atoms with Crippen molar-refractivity contribution in [2.75, 3.05) is 18.7 Å². The number of halogens is 3. The molecule has 0 aliphatic heterocycles. The van der Waals surface area contributed by atoms with Gasteiger partial charge in [-0.25, -0.2) is 18.2 Å². The molecule has 0 spiro atoms. The second-order valence-electron chi connectivity index (χ2n) is 9.11. The van der Waals surface area contributed by atoms with Crippen LogP contribution in [0.2, 0.25) is 0 Å². The number of pyridine rings is 1. The number of aryl methyl sites for hydroxylation is 2. The van der Waals surface area contributed by atoms with Crippen LogP contribution in [0.4, 0.5) is 18.9 Å². The first-order chi connectivity index (χ1) is 18.2. The number of methoxy groups -OCH3 is 1. The van der Waals surface area contributed by atoms with Gasteiger partial charge in [-0.2, -0.15) is 10.8 Å². The molecule has 0 radical (unpaired) electrons. The highest BCUT2D eigenvalue weighted by molar-refractivity contribution is 5.81. The molecule has 3 N–H and O–H groups in total. The summed E-state index contributed by atoms with van der Waals surface area (Å²) in [5.41, 5.74) is 2.12. The number of rotatable bonds is 11. The van der Waals surface area contributed by atoms with E-state index in [9.17, 15) is 13.9 Å². The van der Waals surface area contributed by atoms with Crippen LogP contribution in [0, 0.1) is 11.6 Å². The lowest BCUT2D eigenvalue weighted by atomic mass is 9.95. The Balaban J connectivity index is 1.78. The third-order valence-corrected chi connectivity index (χ3v) is 6.71. The molecule has 0 saturated heterocycles. The van der Waals surface area contributed by atoms with E-state index in [0.29, 0.717) is 72.1 Å². The number of benzene rings is 2. The Bertz CT molecular complexity index is 1390. The quantitative estimate of drug-likeness (QED) is 0.282. The van der Waals surface area contributed by atoms with Gasteiger partial charge in [-0.15, -0.1) is 0 Å². The van der Waals surface area contributed by atoms with E-state index in [4.69, 9.17) is 15.6 Å². The van der Waals surface area contributed by atoms with Gasteiger partial charge >= 0.3 is 0 Å². The van der Waals surface area contributed by atoms with Gasteiger partial charge in [0.1, 0.15) is 17.2 Å². The van der Waals surface area contributed by atoms with Gasteiger partial charge in [0, 0.05) is 35.0 Å². The molecule has 0 bridgehead atoms. The van der Waals surface area contributed by atoms with Crippen molar-refractivity contribution >= 4 is 17.8 Å². The van der Waals surface area contributed by atoms with Crippen LogP contribution < -0.4 is 15.7 Å². The molecule has 1 aliphatic rings. The zero-order valence-electron chi connectivity index (χ0n) is 21.4. The van der Waals surface area contributed by atoms with Gasteiger partial charge in [0.2, 0.25) is 0 Å². The van der Waals surface area contributed by atoms with Crippen LogP contribution in [0.5, 0.6) is 11.5 Å². The monoisotopic (exact) mass is 525 g/mol. The van der Waals surface area contributed by atoms with E-state index in [1.54, 1.807) is 18.2 Å². The number of ether oxygens (including phenoxy) is 1. The van der Waals surface area contributed by atoms with Crippen molar-refractivity contribution in [1.82, 2.24) is 4.98 Å². The number of hydrogen-bond donors (Lipinski definition) is 2. The highest BCUT2D eigenvalue weighted by Crippen LogP contribution is 2.54. The Kier molecular flexibility index (Phi) is 7.80. The van der Waals surface area contributed by atoms with Gasteiger partial charge in [0.15, 0.2) is 11.6 Å². The van der Waals surface area contributed by atoms with Crippen LogP contribution in [-0.4, -0.2) is 23.7 Å². The SMILES string of the molecule is C=Cc1cc(CCc2cc(N(CC)ON)c(C=C)c(-c3cc(O)c(F)cc3F)n2)cc(OC)c1C1(F)CC1. The molecule has 1 heterocycles. The number of anilines is 1. The Morgan fingerprint density at radius 1 is 1.11 bits per heavy atom. The van der Waals surface area contributed by atoms with Crippen molar-refractivity contribution in [3.63, 3.8) is 0 Å². The molecule has 4 rings (SSSR count). The Morgan fingerprint density at radius 3 is 2.42 bits per heavy atom. The summed E-state index contributed by atoms with van der Waals surface area (Å²) in [5, 5.41) is 11.3. The van der Waals surface area contributed by atoms with Crippen LogP contribution >= 0.6 is 0 Å². The summed E-state index contributed by atoms with van der Waals surface area (Å²) in [6.45, 7) is 9.82. The number of aromatic nitrogens is 1. The minimum Gasteiger partial charge on any atom is -0.505 e. The summed E-state index contributed by atoms with van der Waals surface area (Å²) in [6, 6.07) is 7.02. The Labute approximate surface area is 219 Å². The van der Waals surface area contributed by atoms with Crippen molar-refractivity contribution < 1.29 is 28.0 Å². The molecule has 1 fully saturated rings.